The number of nitrogen functional groups attached to an aromatic ring is 1. The lowest BCUT2D eigenvalue weighted by Gasteiger charge is -2.30. The number of nitrogens with zero attached hydrogens (tertiary/aromatic N) is 5. The van der Waals surface area contributed by atoms with Crippen LogP contribution in [0.1, 0.15) is 69.8 Å². The fraction of sp³-hybridized carbons (Fsp3) is 0.421. The van der Waals surface area contributed by atoms with E-state index in [0.717, 1.165) is 61.3 Å². The number of ketones is 1. The summed E-state index contributed by atoms with van der Waals surface area (Å²) in [4.78, 5) is 48.4. The number of likely N-dealkylation sites (tertiary alicyclic amines) is 1. The van der Waals surface area contributed by atoms with E-state index < -0.39 is 11.2 Å². The minimum absolute atomic E-state index is 0.227. The maximum atomic E-state index is 12.4. The van der Waals surface area contributed by atoms with Crippen molar-refractivity contribution in [3.05, 3.63) is 60.8 Å². The van der Waals surface area contributed by atoms with Crippen LogP contribution in [0, 0.1) is 11.3 Å². The number of thiazole rings is 2. The number of aromatic nitrogens is 2. The molecule has 3 aromatic heterocycles. The molecular formula is C38H42Br2N6O5S3. The van der Waals surface area contributed by atoms with Gasteiger partial charge in [-0.25, -0.2) is 19.6 Å². The van der Waals surface area contributed by atoms with Crippen LogP contribution in [-0.4, -0.2) is 68.6 Å². The molecule has 0 spiro atoms. The van der Waals surface area contributed by atoms with Crippen molar-refractivity contribution in [2.75, 3.05) is 25.4 Å². The van der Waals surface area contributed by atoms with Gasteiger partial charge in [0.25, 0.3) is 0 Å². The van der Waals surface area contributed by atoms with E-state index >= 15 is 0 Å². The number of nitrogens with two attached hydrogens (primary N) is 1. The van der Waals surface area contributed by atoms with Gasteiger partial charge in [0.1, 0.15) is 27.0 Å². The largest absolute Gasteiger partial charge is 0.444 e. The highest BCUT2D eigenvalue weighted by Crippen LogP contribution is 2.44. The average molecular weight is 919 g/mol. The summed E-state index contributed by atoms with van der Waals surface area (Å²) in [5, 5.41) is 11.1. The Morgan fingerprint density at radius 2 is 1.37 bits per heavy atom. The van der Waals surface area contributed by atoms with Crippen LogP contribution in [0.2, 0.25) is 0 Å². The highest BCUT2D eigenvalue weighted by atomic mass is 79.9. The Morgan fingerprint density at radius 3 is 1.94 bits per heavy atom. The number of rotatable bonds is 2. The predicted molar refractivity (Wildman–Crippen MR) is 224 cm³/mol. The molecule has 5 heterocycles. The molecule has 0 aliphatic carbocycles. The highest BCUT2D eigenvalue weighted by Gasteiger charge is 2.30. The van der Waals surface area contributed by atoms with E-state index in [1.807, 2.05) is 71.9 Å². The van der Waals surface area contributed by atoms with Crippen LogP contribution in [0.5, 0.6) is 0 Å². The molecule has 1 fully saturated rings. The lowest BCUT2D eigenvalue weighted by molar-refractivity contribution is -0.121. The number of ether oxygens (including phenoxy) is 2. The topological polar surface area (TPSA) is 152 Å². The van der Waals surface area contributed by atoms with Crippen molar-refractivity contribution in [2.24, 2.45) is 0 Å². The quantitative estimate of drug-likeness (QED) is 0.182. The number of amides is 2. The lowest BCUT2D eigenvalue weighted by Crippen LogP contribution is -2.41. The number of nitriles is 1. The number of piperidine rings is 1. The lowest BCUT2D eigenvalue weighted by atomic mass is 10.0. The van der Waals surface area contributed by atoms with Crippen molar-refractivity contribution in [1.82, 2.24) is 19.8 Å². The van der Waals surface area contributed by atoms with E-state index in [0.29, 0.717) is 45.4 Å². The van der Waals surface area contributed by atoms with E-state index in [9.17, 15) is 14.4 Å². The zero-order chi connectivity index (χ0) is 39.4. The van der Waals surface area contributed by atoms with Crippen LogP contribution >= 0.6 is 65.9 Å². The van der Waals surface area contributed by atoms with Gasteiger partial charge in [-0.3, -0.25) is 4.79 Å². The van der Waals surface area contributed by atoms with Crippen LogP contribution in [0.4, 0.5) is 14.6 Å². The van der Waals surface area contributed by atoms with Crippen molar-refractivity contribution >= 4 is 109 Å². The van der Waals surface area contributed by atoms with Gasteiger partial charge in [-0.15, -0.1) is 34.0 Å². The van der Waals surface area contributed by atoms with E-state index in [4.69, 9.17) is 25.5 Å². The van der Waals surface area contributed by atoms with Gasteiger partial charge in [0.05, 0.1) is 44.5 Å². The molecule has 5 aromatic rings. The molecular weight excluding hydrogens is 876 g/mol. The number of benzene rings is 2. The Kier molecular flexibility index (Phi) is 13.4. The monoisotopic (exact) mass is 916 g/mol. The molecule has 2 aromatic carbocycles. The van der Waals surface area contributed by atoms with E-state index in [1.54, 1.807) is 43.8 Å². The minimum atomic E-state index is -0.494. The number of hydrogen-bond donors (Lipinski definition) is 1. The highest BCUT2D eigenvalue weighted by molar-refractivity contribution is 9.10. The number of carbonyl (C=O) groups is 3. The summed E-state index contributed by atoms with van der Waals surface area (Å²) in [5.74, 6) is 0.227. The summed E-state index contributed by atoms with van der Waals surface area (Å²) in [6, 6.07) is 14.2. The summed E-state index contributed by atoms with van der Waals surface area (Å²) in [7, 11) is 0. The summed E-state index contributed by atoms with van der Waals surface area (Å²) >= 11 is 11.7. The number of carbonyl (C=O) groups excluding carboxylic acids is 3. The number of thiophene rings is 1. The SMILES string of the molecule is CC(C)(C)OC(=O)N1CCC(=O)CC1.CC(C)(C)OC(=O)N1CCc2c(sc(N)c2-c2nc3cc(Br)ccc3s2)C1.N#CCc1nc2cc(Br)ccc2s1. The summed E-state index contributed by atoms with van der Waals surface area (Å²) in [6.45, 7) is 13.3. The van der Waals surface area contributed by atoms with E-state index in [1.165, 1.54) is 5.56 Å². The third kappa shape index (κ3) is 11.2. The van der Waals surface area contributed by atoms with Gasteiger partial charge in [-0.05, 0) is 89.9 Å². The first-order chi connectivity index (χ1) is 25.4. The third-order valence-electron chi connectivity index (χ3n) is 7.90. The van der Waals surface area contributed by atoms with Gasteiger partial charge in [-0.2, -0.15) is 5.26 Å². The fourth-order valence-corrected chi connectivity index (χ4v) is 9.32. The maximum absolute atomic E-state index is 12.4. The zero-order valence-electron chi connectivity index (χ0n) is 31.0. The van der Waals surface area contributed by atoms with Crippen LogP contribution in [-0.2, 0) is 33.7 Å². The molecule has 7 rings (SSSR count). The molecule has 2 amide bonds. The van der Waals surface area contributed by atoms with Crippen LogP contribution in [0.15, 0.2) is 45.3 Å². The Morgan fingerprint density at radius 1 is 0.833 bits per heavy atom. The second kappa shape index (κ2) is 17.5. The molecule has 54 heavy (non-hydrogen) atoms. The first-order valence-electron chi connectivity index (χ1n) is 17.2. The van der Waals surface area contributed by atoms with Gasteiger partial charge >= 0.3 is 12.2 Å². The maximum Gasteiger partial charge on any atom is 0.410 e. The molecule has 11 nitrogen and oxygen atoms in total. The van der Waals surface area contributed by atoms with E-state index in [2.05, 4.69) is 49.0 Å². The first kappa shape index (κ1) is 41.5. The number of Topliss-reactive ketones (excluding diaryl/α,β-unsaturated/α-hetero) is 1. The molecule has 0 saturated carbocycles. The van der Waals surface area contributed by atoms with Crippen molar-refractivity contribution in [3.63, 3.8) is 0 Å². The molecule has 16 heteroatoms. The molecule has 2 N–H and O–H groups in total. The van der Waals surface area contributed by atoms with E-state index in [-0.39, 0.29) is 18.0 Å². The van der Waals surface area contributed by atoms with Crippen LogP contribution < -0.4 is 5.73 Å². The summed E-state index contributed by atoms with van der Waals surface area (Å²) in [6.07, 6.45) is 1.49. The Hall–Kier alpha value is -3.62. The standard InChI is InChI=1S/C19H20BrN3O2S2.C10H17NO3.C9H5BrN2S/c1-19(2,3)25-18(24)23-7-6-11-14(9-23)26-16(21)15(11)17-22-12-8-10(20)4-5-13(12)27-17;1-10(2,3)14-9(13)11-6-4-8(12)5-7-11;10-6-1-2-8-7(5-6)12-9(13-8)3-4-11/h4-5,8H,6-7,9,21H2,1-3H3;4-7H2,1-3H3;1-2,5H,3H2. The molecule has 0 unspecified atom stereocenters. The Balaban J connectivity index is 0.000000174. The smallest absolute Gasteiger partial charge is 0.410 e. The third-order valence-corrected chi connectivity index (χ3v) is 12.0. The molecule has 286 valence electrons. The van der Waals surface area contributed by atoms with Gasteiger partial charge in [0.15, 0.2) is 0 Å². The predicted octanol–water partition coefficient (Wildman–Crippen LogP) is 10.4. The normalized spacial score (nSPS) is 14.4. The molecule has 0 bridgehead atoms. The summed E-state index contributed by atoms with van der Waals surface area (Å²) in [5.41, 5.74) is 9.60. The Bertz CT molecular complexity index is 2200. The number of hydrogen-bond acceptors (Lipinski definition) is 12. The van der Waals surface area contributed by atoms with Gasteiger partial charge in [0, 0.05) is 51.9 Å². The number of halogens is 2. The van der Waals surface area contributed by atoms with Crippen molar-refractivity contribution in [3.8, 4) is 16.6 Å². The van der Waals surface area contributed by atoms with Gasteiger partial charge < -0.3 is 25.0 Å². The molecule has 2 aliphatic heterocycles. The van der Waals surface area contributed by atoms with Crippen LogP contribution in [0.3, 0.4) is 0 Å². The Labute approximate surface area is 343 Å². The molecule has 1 saturated heterocycles. The molecule has 0 atom stereocenters. The second-order valence-corrected chi connectivity index (χ2v) is 19.7. The zero-order valence-corrected chi connectivity index (χ0v) is 36.6. The van der Waals surface area contributed by atoms with Crippen molar-refractivity contribution in [2.45, 2.75) is 85.0 Å². The van der Waals surface area contributed by atoms with Crippen LogP contribution in [0.25, 0.3) is 31.0 Å². The number of anilines is 1. The molecule has 2 aliphatic rings. The molecule has 0 radical (unpaired) electrons. The summed E-state index contributed by atoms with van der Waals surface area (Å²) < 4.78 is 15.0. The first-order valence-corrected chi connectivity index (χ1v) is 21.3. The average Bonchev–Trinajstić information content (AvgIpc) is 3.77. The van der Waals surface area contributed by atoms with Gasteiger partial charge in [-0.1, -0.05) is 31.9 Å². The fourth-order valence-electron chi connectivity index (χ4n) is 5.51. The van der Waals surface area contributed by atoms with Crippen molar-refractivity contribution < 1.29 is 23.9 Å². The van der Waals surface area contributed by atoms with Crippen molar-refractivity contribution in [1.29, 1.82) is 5.26 Å². The minimum Gasteiger partial charge on any atom is -0.444 e. The number of fused-ring (bicyclic) bond motifs is 3. The van der Waals surface area contributed by atoms with Gasteiger partial charge in [0.2, 0.25) is 0 Å². The second-order valence-electron chi connectivity index (χ2n) is 14.6.